The van der Waals surface area contributed by atoms with Crippen LogP contribution >= 0.6 is 0 Å². The molecule has 5 rings (SSSR count). The molecule has 44 heavy (non-hydrogen) atoms. The second kappa shape index (κ2) is 13.1. The molecule has 0 spiro atoms. The van der Waals surface area contributed by atoms with Crippen LogP contribution in [0.5, 0.6) is 5.88 Å². The Labute approximate surface area is 258 Å². The van der Waals surface area contributed by atoms with E-state index >= 15 is 0 Å². The number of anilines is 1. The van der Waals surface area contributed by atoms with Gasteiger partial charge in [0.25, 0.3) is 5.56 Å². The van der Waals surface area contributed by atoms with Crippen LogP contribution < -0.4 is 10.9 Å². The fourth-order valence-electron chi connectivity index (χ4n) is 5.41. The Hall–Kier alpha value is -4.31. The number of rotatable bonds is 12. The van der Waals surface area contributed by atoms with Gasteiger partial charge in [-0.3, -0.25) is 14.2 Å². The standard InChI is InChI=1S/C34H38N4O5S/c1-4-7-11-29-37-33(40)32(34(41)38(29)31-23(5-2)9-8-10-24(31)6-3)44(42,43)27-16-14-25(15-17-27)26-18-19-35-28(21-26)36-30(39)20-22-12-13-22/h8-10,14-19,21-22,40H,4-7,11-13,20H2,1-3H3,(H,35,36,39). The lowest BCUT2D eigenvalue weighted by molar-refractivity contribution is -0.116. The molecular weight excluding hydrogens is 576 g/mol. The van der Waals surface area contributed by atoms with Crippen LogP contribution in [-0.4, -0.2) is 34.0 Å². The van der Waals surface area contributed by atoms with Crippen LogP contribution in [0.25, 0.3) is 16.8 Å². The monoisotopic (exact) mass is 614 g/mol. The molecular formula is C34H38N4O5S. The molecule has 0 aliphatic heterocycles. The van der Waals surface area contributed by atoms with Crippen molar-refractivity contribution in [2.45, 2.75) is 81.9 Å². The number of aromatic nitrogens is 3. The number of aryl methyl sites for hydroxylation is 3. The second-order valence-corrected chi connectivity index (χ2v) is 13.1. The summed E-state index contributed by atoms with van der Waals surface area (Å²) in [6, 6.07) is 15.3. The molecule has 1 aliphatic carbocycles. The Morgan fingerprint density at radius 2 is 1.68 bits per heavy atom. The number of hydrogen-bond donors (Lipinski definition) is 2. The van der Waals surface area contributed by atoms with Gasteiger partial charge in [0.15, 0.2) is 4.90 Å². The molecule has 1 saturated carbocycles. The van der Waals surface area contributed by atoms with Crippen LogP contribution in [0.2, 0.25) is 0 Å². The first-order valence-corrected chi connectivity index (χ1v) is 16.7. The summed E-state index contributed by atoms with van der Waals surface area (Å²) in [5.74, 6) is 0.328. The minimum atomic E-state index is -4.45. The number of carbonyl (C=O) groups excluding carboxylic acids is 1. The van der Waals surface area contributed by atoms with Gasteiger partial charge in [-0.25, -0.2) is 13.4 Å². The van der Waals surface area contributed by atoms with E-state index in [0.717, 1.165) is 42.4 Å². The number of sulfone groups is 1. The van der Waals surface area contributed by atoms with Crippen molar-refractivity contribution in [2.75, 3.05) is 5.32 Å². The zero-order chi connectivity index (χ0) is 31.4. The van der Waals surface area contributed by atoms with Crippen LogP contribution in [0.3, 0.4) is 0 Å². The maximum atomic E-state index is 14.2. The topological polar surface area (TPSA) is 131 Å². The fourth-order valence-corrected chi connectivity index (χ4v) is 6.75. The highest BCUT2D eigenvalue weighted by Gasteiger charge is 2.31. The highest BCUT2D eigenvalue weighted by molar-refractivity contribution is 7.91. The van der Waals surface area contributed by atoms with Crippen molar-refractivity contribution in [3.8, 4) is 22.7 Å². The summed E-state index contributed by atoms with van der Waals surface area (Å²) >= 11 is 0. The van der Waals surface area contributed by atoms with Crippen LogP contribution in [0.15, 0.2) is 75.4 Å². The Morgan fingerprint density at radius 3 is 2.30 bits per heavy atom. The fraction of sp³-hybridized carbons (Fsp3) is 0.353. The number of pyridine rings is 1. The Kier molecular flexibility index (Phi) is 9.29. The van der Waals surface area contributed by atoms with E-state index in [-0.39, 0.29) is 10.8 Å². The third kappa shape index (κ3) is 6.45. The number of hydrogen-bond acceptors (Lipinski definition) is 7. The van der Waals surface area contributed by atoms with Crippen molar-refractivity contribution < 1.29 is 18.3 Å². The molecule has 10 heteroatoms. The third-order valence-corrected chi connectivity index (χ3v) is 9.79. The number of nitrogens with zero attached hydrogens (tertiary/aromatic N) is 3. The van der Waals surface area contributed by atoms with Crippen LogP contribution in [-0.2, 0) is 33.9 Å². The highest BCUT2D eigenvalue weighted by Crippen LogP contribution is 2.33. The van der Waals surface area contributed by atoms with Gasteiger partial charge >= 0.3 is 0 Å². The van der Waals surface area contributed by atoms with Gasteiger partial charge in [-0.15, -0.1) is 0 Å². The summed E-state index contributed by atoms with van der Waals surface area (Å²) < 4.78 is 29.3. The first-order valence-electron chi connectivity index (χ1n) is 15.2. The summed E-state index contributed by atoms with van der Waals surface area (Å²) in [6.45, 7) is 5.98. The van der Waals surface area contributed by atoms with Gasteiger partial charge in [-0.05, 0) is 84.5 Å². The van der Waals surface area contributed by atoms with Crippen molar-refractivity contribution in [1.82, 2.24) is 14.5 Å². The Balaban J connectivity index is 1.54. The van der Waals surface area contributed by atoms with Gasteiger partial charge in [0.1, 0.15) is 11.6 Å². The maximum absolute atomic E-state index is 14.2. The number of nitrogens with one attached hydrogen (secondary N) is 1. The molecule has 0 saturated heterocycles. The van der Waals surface area contributed by atoms with Crippen molar-refractivity contribution >= 4 is 21.6 Å². The van der Waals surface area contributed by atoms with Gasteiger partial charge < -0.3 is 10.4 Å². The largest absolute Gasteiger partial charge is 0.492 e. The number of benzene rings is 2. The van der Waals surface area contributed by atoms with Crippen molar-refractivity contribution in [3.63, 3.8) is 0 Å². The lowest BCUT2D eigenvalue weighted by atomic mass is 10.0. The number of amides is 1. The lowest BCUT2D eigenvalue weighted by Gasteiger charge is -2.20. The minimum Gasteiger partial charge on any atom is -0.492 e. The summed E-state index contributed by atoms with van der Waals surface area (Å²) in [5, 5.41) is 13.8. The van der Waals surface area contributed by atoms with E-state index in [9.17, 15) is 23.1 Å². The average molecular weight is 615 g/mol. The quantitative estimate of drug-likeness (QED) is 0.199. The molecule has 2 heterocycles. The predicted molar refractivity (Wildman–Crippen MR) is 170 cm³/mol. The number of carbonyl (C=O) groups is 1. The predicted octanol–water partition coefficient (Wildman–Crippen LogP) is 6.04. The van der Waals surface area contributed by atoms with Crippen molar-refractivity contribution in [2.24, 2.45) is 5.92 Å². The van der Waals surface area contributed by atoms with E-state index < -0.39 is 26.2 Å². The lowest BCUT2D eigenvalue weighted by Crippen LogP contribution is -2.30. The first-order chi connectivity index (χ1) is 21.2. The average Bonchev–Trinajstić information content (AvgIpc) is 3.83. The van der Waals surface area contributed by atoms with E-state index in [1.165, 1.54) is 16.7 Å². The molecule has 9 nitrogen and oxygen atoms in total. The van der Waals surface area contributed by atoms with Gasteiger partial charge in [0, 0.05) is 19.0 Å². The maximum Gasteiger partial charge on any atom is 0.281 e. The normalized spacial score (nSPS) is 13.2. The molecule has 2 aromatic carbocycles. The van der Waals surface area contributed by atoms with Gasteiger partial charge in [-0.2, -0.15) is 4.98 Å². The second-order valence-electron chi connectivity index (χ2n) is 11.2. The van der Waals surface area contributed by atoms with E-state index in [2.05, 4.69) is 15.3 Å². The van der Waals surface area contributed by atoms with Crippen LogP contribution in [0.4, 0.5) is 5.82 Å². The zero-order valence-electron chi connectivity index (χ0n) is 25.3. The molecule has 0 radical (unpaired) electrons. The van der Waals surface area contributed by atoms with E-state index in [1.54, 1.807) is 30.5 Å². The molecule has 4 aromatic rings. The van der Waals surface area contributed by atoms with Gasteiger partial charge in [0.05, 0.1) is 10.6 Å². The summed E-state index contributed by atoms with van der Waals surface area (Å²) in [4.78, 5) is 34.1. The van der Waals surface area contributed by atoms with Crippen LogP contribution in [0, 0.1) is 5.92 Å². The Morgan fingerprint density at radius 1 is 1.00 bits per heavy atom. The zero-order valence-corrected chi connectivity index (χ0v) is 26.2. The van der Waals surface area contributed by atoms with E-state index in [1.807, 2.05) is 39.0 Å². The van der Waals surface area contributed by atoms with Crippen molar-refractivity contribution in [1.29, 1.82) is 0 Å². The number of unbranched alkanes of at least 4 members (excludes halogenated alkanes) is 1. The van der Waals surface area contributed by atoms with Gasteiger partial charge in [0.2, 0.25) is 21.6 Å². The number of para-hydroxylation sites is 1. The first kappa shape index (κ1) is 31.1. The molecule has 0 atom stereocenters. The number of aromatic hydroxyl groups is 1. The summed E-state index contributed by atoms with van der Waals surface area (Å²) in [5.41, 5.74) is 3.04. The molecule has 1 aliphatic rings. The molecule has 2 N–H and O–H groups in total. The molecule has 230 valence electrons. The third-order valence-electron chi connectivity index (χ3n) is 8.00. The van der Waals surface area contributed by atoms with Gasteiger partial charge in [-0.1, -0.05) is 57.5 Å². The van der Waals surface area contributed by atoms with Crippen molar-refractivity contribution in [3.05, 3.63) is 88.1 Å². The summed E-state index contributed by atoms with van der Waals surface area (Å²) in [6.07, 6.45) is 7.44. The molecule has 0 unspecified atom stereocenters. The SMILES string of the molecule is CCCCc1nc(O)c(S(=O)(=O)c2ccc(-c3ccnc(NC(=O)CC4CC4)c3)cc2)c(=O)n1-c1c(CC)cccc1CC. The minimum absolute atomic E-state index is 0.0778. The molecule has 1 fully saturated rings. The van der Waals surface area contributed by atoms with Crippen LogP contribution in [0.1, 0.15) is 69.8 Å². The van der Waals surface area contributed by atoms with E-state index in [0.29, 0.717) is 54.5 Å². The molecule has 2 aromatic heterocycles. The smallest absolute Gasteiger partial charge is 0.281 e. The highest BCUT2D eigenvalue weighted by atomic mass is 32.2. The molecule has 1 amide bonds. The van der Waals surface area contributed by atoms with E-state index in [4.69, 9.17) is 0 Å². The summed E-state index contributed by atoms with van der Waals surface area (Å²) in [7, 11) is -4.45. The molecule has 0 bridgehead atoms. The Bertz CT molecular complexity index is 1820.